The minimum Gasteiger partial charge on any atom is -0.497 e. The van der Waals surface area contributed by atoms with Gasteiger partial charge in [0.25, 0.3) is 0 Å². The summed E-state index contributed by atoms with van der Waals surface area (Å²) in [6, 6.07) is 41.4. The van der Waals surface area contributed by atoms with Crippen LogP contribution in [0.15, 0.2) is 115 Å². The number of para-hydroxylation sites is 1. The molecule has 0 spiro atoms. The van der Waals surface area contributed by atoms with Gasteiger partial charge in [0.05, 0.1) is 31.0 Å². The molecule has 1 aliphatic rings. The van der Waals surface area contributed by atoms with Crippen LogP contribution in [0.4, 0.5) is 17.1 Å². The summed E-state index contributed by atoms with van der Waals surface area (Å²) < 4.78 is 11.1. The zero-order valence-corrected chi connectivity index (χ0v) is 22.2. The largest absolute Gasteiger partial charge is 0.497 e. The third-order valence-electron chi connectivity index (χ3n) is 7.68. The topological polar surface area (TPSA) is 21.7 Å². The van der Waals surface area contributed by atoms with Gasteiger partial charge in [-0.05, 0) is 84.6 Å². The van der Waals surface area contributed by atoms with E-state index in [1.54, 1.807) is 14.2 Å². The van der Waals surface area contributed by atoms with Gasteiger partial charge in [0.2, 0.25) is 0 Å². The predicted molar refractivity (Wildman–Crippen MR) is 156 cm³/mol. The molecule has 38 heavy (non-hydrogen) atoms. The number of hydrogen-bond donors (Lipinski definition) is 0. The number of ether oxygens (including phenoxy) is 2. The number of anilines is 3. The van der Waals surface area contributed by atoms with Crippen molar-refractivity contribution in [2.24, 2.45) is 0 Å². The lowest BCUT2D eigenvalue weighted by atomic mass is 9.62. The SMILES string of the molecule is COc1ccc(C2(c3ccc(OC)cc3)c3ccccc3N(c3ccc(C)cc3)c3ccc(C)cc32)cc1. The molecule has 1 aliphatic heterocycles. The van der Waals surface area contributed by atoms with Gasteiger partial charge in [-0.3, -0.25) is 0 Å². The molecule has 0 amide bonds. The summed E-state index contributed by atoms with van der Waals surface area (Å²) in [4.78, 5) is 2.40. The van der Waals surface area contributed by atoms with Gasteiger partial charge in [-0.15, -0.1) is 0 Å². The molecule has 0 bridgehead atoms. The molecule has 0 fully saturated rings. The highest BCUT2D eigenvalue weighted by Crippen LogP contribution is 2.58. The van der Waals surface area contributed by atoms with Crippen LogP contribution in [0.3, 0.4) is 0 Å². The number of rotatable bonds is 5. The van der Waals surface area contributed by atoms with Crippen LogP contribution in [0.2, 0.25) is 0 Å². The van der Waals surface area contributed by atoms with Crippen molar-refractivity contribution in [3.05, 3.63) is 149 Å². The van der Waals surface area contributed by atoms with E-state index in [0.29, 0.717) is 0 Å². The number of fused-ring (bicyclic) bond motifs is 2. The molecular formula is C35H31NO2. The fourth-order valence-electron chi connectivity index (χ4n) is 5.85. The molecule has 0 aliphatic carbocycles. The molecule has 5 aromatic carbocycles. The summed E-state index contributed by atoms with van der Waals surface area (Å²) in [5.41, 5.74) is 10.2. The van der Waals surface area contributed by atoms with Gasteiger partial charge in [0.15, 0.2) is 0 Å². The minimum absolute atomic E-state index is 0.544. The lowest BCUT2D eigenvalue weighted by molar-refractivity contribution is 0.414. The second-order valence-electron chi connectivity index (χ2n) is 9.92. The highest BCUT2D eigenvalue weighted by Gasteiger charge is 2.46. The Bertz CT molecular complexity index is 1540. The van der Waals surface area contributed by atoms with E-state index < -0.39 is 5.41 Å². The van der Waals surface area contributed by atoms with Crippen LogP contribution in [0.5, 0.6) is 11.5 Å². The first-order valence-corrected chi connectivity index (χ1v) is 12.9. The number of benzene rings is 5. The van der Waals surface area contributed by atoms with E-state index in [1.807, 2.05) is 0 Å². The standard InChI is InChI=1S/C35H31NO2/c1-24-9-16-28(17-10-24)36-33-8-6-5-7-31(33)35(26-12-18-29(37-3)19-13-26,27-14-20-30(38-4)21-15-27)32-23-25(2)11-22-34(32)36/h5-23H,1-4H3. The van der Waals surface area contributed by atoms with Crippen molar-refractivity contribution in [2.45, 2.75) is 19.3 Å². The third kappa shape index (κ3) is 3.66. The number of hydrogen-bond acceptors (Lipinski definition) is 3. The number of aryl methyl sites for hydroxylation is 2. The van der Waals surface area contributed by atoms with Crippen molar-refractivity contribution in [1.29, 1.82) is 0 Å². The second-order valence-corrected chi connectivity index (χ2v) is 9.92. The summed E-state index contributed by atoms with van der Waals surface area (Å²) in [6.07, 6.45) is 0. The molecule has 3 heteroatoms. The van der Waals surface area contributed by atoms with Crippen LogP contribution in [-0.4, -0.2) is 14.2 Å². The quantitative estimate of drug-likeness (QED) is 0.238. The highest BCUT2D eigenvalue weighted by molar-refractivity contribution is 5.89. The van der Waals surface area contributed by atoms with Crippen LogP contribution in [-0.2, 0) is 5.41 Å². The zero-order valence-electron chi connectivity index (χ0n) is 22.2. The molecule has 3 nitrogen and oxygen atoms in total. The molecule has 0 unspecified atom stereocenters. The van der Waals surface area contributed by atoms with Gasteiger partial charge in [-0.1, -0.05) is 77.9 Å². The van der Waals surface area contributed by atoms with Crippen molar-refractivity contribution in [1.82, 2.24) is 0 Å². The Morgan fingerprint density at radius 3 is 1.63 bits per heavy atom. The Morgan fingerprint density at radius 1 is 0.526 bits per heavy atom. The summed E-state index contributed by atoms with van der Waals surface area (Å²) in [6.45, 7) is 4.30. The third-order valence-corrected chi connectivity index (χ3v) is 7.68. The summed E-state index contributed by atoms with van der Waals surface area (Å²) in [7, 11) is 3.42. The molecule has 1 heterocycles. The maximum absolute atomic E-state index is 5.54. The predicted octanol–water partition coefficient (Wildman–Crippen LogP) is 8.49. The summed E-state index contributed by atoms with van der Waals surface area (Å²) in [5.74, 6) is 1.68. The van der Waals surface area contributed by atoms with Gasteiger partial charge in [0, 0.05) is 5.69 Å². The van der Waals surface area contributed by atoms with Crippen LogP contribution >= 0.6 is 0 Å². The van der Waals surface area contributed by atoms with E-state index in [4.69, 9.17) is 9.47 Å². The van der Waals surface area contributed by atoms with E-state index in [1.165, 1.54) is 44.8 Å². The fourth-order valence-corrected chi connectivity index (χ4v) is 5.85. The maximum Gasteiger partial charge on any atom is 0.118 e. The minimum atomic E-state index is -0.544. The van der Waals surface area contributed by atoms with Crippen molar-refractivity contribution in [3.63, 3.8) is 0 Å². The Balaban J connectivity index is 1.74. The average Bonchev–Trinajstić information content (AvgIpc) is 2.97. The Kier molecular flexibility index (Phi) is 5.92. The van der Waals surface area contributed by atoms with Crippen molar-refractivity contribution < 1.29 is 9.47 Å². The van der Waals surface area contributed by atoms with Crippen molar-refractivity contribution in [2.75, 3.05) is 19.1 Å². The lowest BCUT2D eigenvalue weighted by Gasteiger charge is -2.46. The zero-order chi connectivity index (χ0) is 26.3. The van der Waals surface area contributed by atoms with Gasteiger partial charge < -0.3 is 14.4 Å². The lowest BCUT2D eigenvalue weighted by Crippen LogP contribution is -2.37. The van der Waals surface area contributed by atoms with Crippen molar-refractivity contribution >= 4 is 17.1 Å². The molecule has 0 saturated heterocycles. The molecule has 0 saturated carbocycles. The van der Waals surface area contributed by atoms with Crippen LogP contribution in [0.1, 0.15) is 33.4 Å². The molecule has 188 valence electrons. The maximum atomic E-state index is 5.54. The van der Waals surface area contributed by atoms with Crippen LogP contribution < -0.4 is 14.4 Å². The van der Waals surface area contributed by atoms with E-state index in [0.717, 1.165) is 17.2 Å². The summed E-state index contributed by atoms with van der Waals surface area (Å²) >= 11 is 0. The van der Waals surface area contributed by atoms with E-state index in [2.05, 4.69) is 134 Å². The first-order chi connectivity index (χ1) is 18.6. The summed E-state index contributed by atoms with van der Waals surface area (Å²) in [5, 5.41) is 0. The first-order valence-electron chi connectivity index (χ1n) is 12.9. The number of methoxy groups -OCH3 is 2. The van der Waals surface area contributed by atoms with E-state index in [-0.39, 0.29) is 0 Å². The fraction of sp³-hybridized carbons (Fsp3) is 0.143. The van der Waals surface area contributed by atoms with Crippen molar-refractivity contribution in [3.8, 4) is 11.5 Å². The smallest absolute Gasteiger partial charge is 0.118 e. The van der Waals surface area contributed by atoms with Crippen LogP contribution in [0.25, 0.3) is 0 Å². The Hall–Kier alpha value is -4.50. The highest BCUT2D eigenvalue weighted by atomic mass is 16.5. The molecule has 5 aromatic rings. The Morgan fingerprint density at radius 2 is 1.05 bits per heavy atom. The average molecular weight is 498 g/mol. The van der Waals surface area contributed by atoms with Gasteiger partial charge >= 0.3 is 0 Å². The van der Waals surface area contributed by atoms with Crippen LogP contribution in [0, 0.1) is 13.8 Å². The molecule has 0 atom stereocenters. The molecule has 6 rings (SSSR count). The van der Waals surface area contributed by atoms with Gasteiger partial charge in [-0.2, -0.15) is 0 Å². The Labute approximate surface area is 224 Å². The van der Waals surface area contributed by atoms with Gasteiger partial charge in [0.1, 0.15) is 11.5 Å². The van der Waals surface area contributed by atoms with E-state index >= 15 is 0 Å². The molecule has 0 N–H and O–H groups in total. The number of nitrogens with zero attached hydrogens (tertiary/aromatic N) is 1. The molecule has 0 radical (unpaired) electrons. The van der Waals surface area contributed by atoms with E-state index in [9.17, 15) is 0 Å². The first kappa shape index (κ1) is 23.9. The second kappa shape index (κ2) is 9.42. The normalized spacial score (nSPS) is 13.4. The molecular weight excluding hydrogens is 466 g/mol. The molecule has 0 aromatic heterocycles. The monoisotopic (exact) mass is 497 g/mol. The van der Waals surface area contributed by atoms with Gasteiger partial charge in [-0.25, -0.2) is 0 Å².